The summed E-state index contributed by atoms with van der Waals surface area (Å²) in [6.07, 6.45) is 10.5. The zero-order chi connectivity index (χ0) is 24.4. The molecule has 1 aliphatic carbocycles. The van der Waals surface area contributed by atoms with Crippen molar-refractivity contribution in [1.29, 1.82) is 0 Å². The lowest BCUT2D eigenvalue weighted by atomic mass is 9.91. The summed E-state index contributed by atoms with van der Waals surface area (Å²) in [7, 11) is 1.63. The summed E-state index contributed by atoms with van der Waals surface area (Å²) >= 11 is 1.60. The molecule has 2 aromatic rings. The maximum absolute atomic E-state index is 13.9. The number of hydrogen-bond donors (Lipinski definition) is 1. The van der Waals surface area contributed by atoms with Crippen LogP contribution in [0.3, 0.4) is 0 Å². The normalized spacial score (nSPS) is 22.5. The monoisotopic (exact) mass is 492 g/mol. The number of nitrogens with one attached hydrogen (secondary N) is 1. The largest absolute Gasteiger partial charge is 0.497 e. The van der Waals surface area contributed by atoms with Gasteiger partial charge in [-0.05, 0) is 55.4 Å². The highest BCUT2D eigenvalue weighted by molar-refractivity contribution is 8.10. The number of thioether (sulfide) groups is 1. The molecule has 1 aromatic carbocycles. The first kappa shape index (κ1) is 23.7. The van der Waals surface area contributed by atoms with Gasteiger partial charge in [-0.1, -0.05) is 55.3 Å². The van der Waals surface area contributed by atoms with Crippen molar-refractivity contribution in [2.75, 3.05) is 7.11 Å². The summed E-state index contributed by atoms with van der Waals surface area (Å²) in [6.45, 7) is 2.49. The molecule has 1 fully saturated rings. The number of amides is 2. The third-order valence-corrected chi connectivity index (χ3v) is 8.14. The molecule has 3 aliphatic rings. The van der Waals surface area contributed by atoms with Crippen molar-refractivity contribution >= 4 is 28.5 Å². The fourth-order valence-electron chi connectivity index (χ4n) is 5.12. The molecule has 1 N–H and O–H groups in total. The Morgan fingerprint density at radius 2 is 2.09 bits per heavy atom. The van der Waals surface area contributed by atoms with E-state index in [0.717, 1.165) is 54.0 Å². The average Bonchev–Trinajstić information content (AvgIpc) is 3.32. The summed E-state index contributed by atoms with van der Waals surface area (Å²) in [5, 5.41) is 10.1. The lowest BCUT2D eigenvalue weighted by molar-refractivity contribution is -0.134. The summed E-state index contributed by atoms with van der Waals surface area (Å²) in [5.74, 6) is 0.426. The third kappa shape index (κ3) is 4.76. The molecular weight excluding hydrogens is 460 g/mol. The van der Waals surface area contributed by atoms with Crippen molar-refractivity contribution < 1.29 is 14.3 Å². The Labute approximate surface area is 210 Å². The van der Waals surface area contributed by atoms with Gasteiger partial charge in [0.25, 0.3) is 5.91 Å². The second-order valence-electron chi connectivity index (χ2n) is 9.69. The number of rotatable bonds is 6. The van der Waals surface area contributed by atoms with E-state index in [4.69, 9.17) is 9.84 Å². The van der Waals surface area contributed by atoms with Crippen molar-refractivity contribution in [2.45, 2.75) is 70.1 Å². The number of hydrogen-bond acceptors (Lipinski definition) is 5. The van der Waals surface area contributed by atoms with Crippen LogP contribution in [-0.4, -0.2) is 45.2 Å². The molecule has 0 saturated heterocycles. The van der Waals surface area contributed by atoms with Crippen LogP contribution in [0.4, 0.5) is 0 Å². The van der Waals surface area contributed by atoms with Crippen molar-refractivity contribution in [2.24, 2.45) is 0 Å². The van der Waals surface area contributed by atoms with Gasteiger partial charge in [-0.3, -0.25) is 14.3 Å². The first-order valence-corrected chi connectivity index (χ1v) is 13.2. The first-order valence-electron chi connectivity index (χ1n) is 12.3. The van der Waals surface area contributed by atoms with E-state index in [9.17, 15) is 9.59 Å². The van der Waals surface area contributed by atoms with E-state index in [-0.39, 0.29) is 17.9 Å². The summed E-state index contributed by atoms with van der Waals surface area (Å²) in [6, 6.07) is 9.68. The van der Waals surface area contributed by atoms with E-state index < -0.39 is 5.54 Å². The molecule has 35 heavy (non-hydrogen) atoms. The van der Waals surface area contributed by atoms with Gasteiger partial charge >= 0.3 is 0 Å². The summed E-state index contributed by atoms with van der Waals surface area (Å²) in [4.78, 5) is 30.4. The number of fused-ring (bicyclic) bond motifs is 1. The van der Waals surface area contributed by atoms with Gasteiger partial charge < -0.3 is 15.0 Å². The van der Waals surface area contributed by atoms with E-state index in [0.29, 0.717) is 18.8 Å². The number of aromatic nitrogens is 2. The molecule has 1 unspecified atom stereocenters. The van der Waals surface area contributed by atoms with Crippen LogP contribution in [0.25, 0.3) is 4.91 Å². The molecule has 3 heterocycles. The van der Waals surface area contributed by atoms with Crippen LogP contribution < -0.4 is 10.1 Å². The van der Waals surface area contributed by atoms with Crippen LogP contribution in [0.5, 0.6) is 5.75 Å². The van der Waals surface area contributed by atoms with Gasteiger partial charge in [-0.25, -0.2) is 0 Å². The number of ether oxygens (including phenoxy) is 1. The minimum absolute atomic E-state index is 0.113. The molecule has 8 heteroatoms. The van der Waals surface area contributed by atoms with Crippen molar-refractivity contribution in [3.8, 4) is 5.75 Å². The molecule has 0 spiro atoms. The Morgan fingerprint density at radius 1 is 1.26 bits per heavy atom. The van der Waals surface area contributed by atoms with E-state index in [1.807, 2.05) is 42.7 Å². The Morgan fingerprint density at radius 3 is 2.83 bits per heavy atom. The molecule has 184 valence electrons. The fourth-order valence-corrected chi connectivity index (χ4v) is 5.88. The van der Waals surface area contributed by atoms with Gasteiger partial charge in [-0.2, -0.15) is 5.10 Å². The van der Waals surface area contributed by atoms with Crippen LogP contribution in [0, 0.1) is 0 Å². The lowest BCUT2D eigenvalue weighted by Gasteiger charge is -2.44. The number of carbonyl (C=O) groups excluding carboxylic acids is 2. The molecule has 0 radical (unpaired) electrons. The second-order valence-corrected chi connectivity index (χ2v) is 10.6. The maximum atomic E-state index is 13.9. The summed E-state index contributed by atoms with van der Waals surface area (Å²) in [5.41, 5.74) is 1.14. The van der Waals surface area contributed by atoms with Crippen molar-refractivity contribution in [3.05, 3.63) is 64.8 Å². The molecule has 7 nitrogen and oxygen atoms in total. The third-order valence-electron chi connectivity index (χ3n) is 7.19. The van der Waals surface area contributed by atoms with Gasteiger partial charge in [0.1, 0.15) is 17.0 Å². The zero-order valence-electron chi connectivity index (χ0n) is 20.3. The zero-order valence-corrected chi connectivity index (χ0v) is 21.1. The van der Waals surface area contributed by atoms with Crippen LogP contribution >= 0.6 is 11.8 Å². The van der Waals surface area contributed by atoms with Crippen LogP contribution in [0.15, 0.2) is 47.9 Å². The highest BCUT2D eigenvalue weighted by atomic mass is 32.2. The van der Waals surface area contributed by atoms with Crippen molar-refractivity contribution in [3.63, 3.8) is 0 Å². The first-order chi connectivity index (χ1) is 17.0. The second kappa shape index (κ2) is 9.93. The standard InChI is InChI=1S/C27H32N4O3S/c1-27(26(33)28-20-10-4-3-5-11-20)18-31-23(16-22(29-31)24-13-6-7-14-35-24)25(32)30(27)17-19-9-8-12-21(15-19)34-2/h7-9,12-16,20H,3-6,10-11,17-18H2,1-2H3,(H,28,33). The van der Waals surface area contributed by atoms with E-state index >= 15 is 0 Å². The highest BCUT2D eigenvalue weighted by Crippen LogP contribution is 2.35. The molecule has 5 rings (SSSR count). The van der Waals surface area contributed by atoms with Crippen molar-refractivity contribution in [1.82, 2.24) is 20.0 Å². The van der Waals surface area contributed by atoms with E-state index in [1.165, 1.54) is 6.42 Å². The molecule has 1 aromatic heterocycles. The van der Waals surface area contributed by atoms with Gasteiger partial charge in [0.15, 0.2) is 0 Å². The molecule has 1 saturated carbocycles. The minimum Gasteiger partial charge on any atom is -0.497 e. The number of benzene rings is 1. The molecule has 2 amide bonds. The molecule has 1 atom stereocenters. The summed E-state index contributed by atoms with van der Waals surface area (Å²) < 4.78 is 7.11. The number of carbonyl (C=O) groups is 2. The number of nitrogens with zero attached hydrogens (tertiary/aromatic N) is 3. The smallest absolute Gasteiger partial charge is 0.273 e. The average molecular weight is 493 g/mol. The van der Waals surface area contributed by atoms with Gasteiger partial charge in [-0.15, -0.1) is 0 Å². The van der Waals surface area contributed by atoms with E-state index in [1.54, 1.807) is 28.5 Å². The Bertz CT molecular complexity index is 1180. The topological polar surface area (TPSA) is 76.5 Å². The SMILES string of the molecule is COc1cccc(CN2C(=O)c3cc(C4=CCC=CS4)nn3CC2(C)C(=O)NC2CCCCC2)c1. The fraction of sp³-hybridized carbons (Fsp3) is 0.444. The van der Waals surface area contributed by atoms with Gasteiger partial charge in [0, 0.05) is 17.5 Å². The van der Waals surface area contributed by atoms with Crippen LogP contribution in [-0.2, 0) is 17.9 Å². The predicted octanol–water partition coefficient (Wildman–Crippen LogP) is 4.75. The highest BCUT2D eigenvalue weighted by Gasteiger charge is 2.48. The van der Waals surface area contributed by atoms with E-state index in [2.05, 4.69) is 17.5 Å². The Balaban J connectivity index is 1.49. The Hall–Kier alpha value is -3.00. The predicted molar refractivity (Wildman–Crippen MR) is 138 cm³/mol. The van der Waals surface area contributed by atoms with Crippen LogP contribution in [0.1, 0.15) is 67.2 Å². The Kier molecular flexibility index (Phi) is 6.73. The molecule has 0 bridgehead atoms. The van der Waals surface area contributed by atoms with Gasteiger partial charge in [0.2, 0.25) is 5.91 Å². The number of allylic oxidation sites excluding steroid dienone is 2. The van der Waals surface area contributed by atoms with Crippen LogP contribution in [0.2, 0.25) is 0 Å². The lowest BCUT2D eigenvalue weighted by Crippen LogP contribution is -2.64. The molecule has 2 aliphatic heterocycles. The van der Waals surface area contributed by atoms with Gasteiger partial charge in [0.05, 0.1) is 19.3 Å². The quantitative estimate of drug-likeness (QED) is 0.630. The minimum atomic E-state index is -1.07. The maximum Gasteiger partial charge on any atom is 0.273 e. The molecular formula is C27H32N4O3S. The number of methoxy groups -OCH3 is 1.